The number of carboxylic acid groups (broad SMARTS) is 1. The predicted molar refractivity (Wildman–Crippen MR) is 131 cm³/mol. The summed E-state index contributed by atoms with van der Waals surface area (Å²) in [7, 11) is 0. The summed E-state index contributed by atoms with van der Waals surface area (Å²) in [5.41, 5.74) is 0.131. The number of carbonyl (C=O) groups is 6. The standard InChI is InChI=1S/C25H31F3N4O7/c1-13(2)19(20(35)25(26,27)28)32(24(39)17-5-4-11-29-17)23(38)14(3)31-22(37)16-8-6-15(7-9-16)21(36)30-12-10-18(33)34/h6-9,13-14,17,19,29H,4-5,10-12H2,1-3H3,(H,30,36)(H,31,37)(H,33,34)/t14-,17-,19?/m0/s1. The van der Waals surface area contributed by atoms with Gasteiger partial charge in [-0.1, -0.05) is 13.8 Å². The topological polar surface area (TPSA) is 162 Å². The van der Waals surface area contributed by atoms with Crippen molar-refractivity contribution in [1.82, 2.24) is 20.9 Å². The van der Waals surface area contributed by atoms with E-state index in [1.54, 1.807) is 0 Å². The zero-order chi connectivity index (χ0) is 29.5. The molecule has 0 bridgehead atoms. The van der Waals surface area contributed by atoms with Crippen molar-refractivity contribution >= 4 is 35.4 Å². The lowest BCUT2D eigenvalue weighted by atomic mass is 9.95. The van der Waals surface area contributed by atoms with E-state index >= 15 is 0 Å². The second kappa shape index (κ2) is 13.3. The normalized spacial score (nSPS) is 16.7. The lowest BCUT2D eigenvalue weighted by Gasteiger charge is -2.35. The van der Waals surface area contributed by atoms with E-state index in [1.807, 2.05) is 0 Å². The monoisotopic (exact) mass is 556 g/mol. The van der Waals surface area contributed by atoms with Crippen LogP contribution in [0.4, 0.5) is 13.2 Å². The maximum absolute atomic E-state index is 13.4. The van der Waals surface area contributed by atoms with Crippen molar-refractivity contribution in [2.45, 2.75) is 64.3 Å². The Hall–Kier alpha value is -3.81. The number of rotatable bonds is 11. The number of benzene rings is 1. The van der Waals surface area contributed by atoms with Gasteiger partial charge in [-0.15, -0.1) is 0 Å². The highest BCUT2D eigenvalue weighted by Crippen LogP contribution is 2.26. The van der Waals surface area contributed by atoms with Gasteiger partial charge in [-0.25, -0.2) is 0 Å². The molecule has 1 heterocycles. The number of hydrogen-bond acceptors (Lipinski definition) is 7. The highest BCUT2D eigenvalue weighted by atomic mass is 19.4. The first-order valence-electron chi connectivity index (χ1n) is 12.3. The van der Waals surface area contributed by atoms with Gasteiger partial charge in [0.15, 0.2) is 0 Å². The van der Waals surface area contributed by atoms with E-state index in [0.717, 1.165) is 0 Å². The molecule has 4 amide bonds. The molecule has 1 unspecified atom stereocenters. The van der Waals surface area contributed by atoms with Crippen molar-refractivity contribution in [2.75, 3.05) is 13.1 Å². The third-order valence-corrected chi connectivity index (χ3v) is 6.04. The van der Waals surface area contributed by atoms with E-state index < -0.39 is 65.6 Å². The Morgan fingerprint density at radius 2 is 1.59 bits per heavy atom. The molecule has 0 spiro atoms. The van der Waals surface area contributed by atoms with Crippen LogP contribution in [0.5, 0.6) is 0 Å². The Morgan fingerprint density at radius 3 is 2.05 bits per heavy atom. The first-order valence-corrected chi connectivity index (χ1v) is 12.3. The highest BCUT2D eigenvalue weighted by molar-refractivity contribution is 6.07. The van der Waals surface area contributed by atoms with Crippen LogP contribution in [0.15, 0.2) is 24.3 Å². The number of carboxylic acids is 1. The molecule has 14 heteroatoms. The summed E-state index contributed by atoms with van der Waals surface area (Å²) in [6, 6.07) is 0.539. The Labute approximate surface area is 222 Å². The van der Waals surface area contributed by atoms with Gasteiger partial charge >= 0.3 is 12.1 Å². The van der Waals surface area contributed by atoms with E-state index in [-0.39, 0.29) is 30.5 Å². The van der Waals surface area contributed by atoms with Crippen molar-refractivity contribution < 1.29 is 47.0 Å². The van der Waals surface area contributed by atoms with Gasteiger partial charge in [0.05, 0.1) is 12.5 Å². The molecule has 1 aromatic rings. The van der Waals surface area contributed by atoms with Crippen molar-refractivity contribution in [3.05, 3.63) is 35.4 Å². The van der Waals surface area contributed by atoms with E-state index in [0.29, 0.717) is 17.9 Å². The Morgan fingerprint density at radius 1 is 1.03 bits per heavy atom. The molecule has 0 radical (unpaired) electrons. The highest BCUT2D eigenvalue weighted by Gasteiger charge is 2.51. The minimum Gasteiger partial charge on any atom is -0.481 e. The number of hydrogen-bond donors (Lipinski definition) is 4. The van der Waals surface area contributed by atoms with Crippen molar-refractivity contribution in [1.29, 1.82) is 0 Å². The summed E-state index contributed by atoms with van der Waals surface area (Å²) in [5.74, 6) is -7.94. The first-order chi connectivity index (χ1) is 18.1. The molecule has 1 aliphatic heterocycles. The number of imide groups is 1. The van der Waals surface area contributed by atoms with Crippen LogP contribution < -0.4 is 16.0 Å². The van der Waals surface area contributed by atoms with Gasteiger partial charge in [-0.2, -0.15) is 13.2 Å². The van der Waals surface area contributed by atoms with Crippen LogP contribution in [0.25, 0.3) is 0 Å². The second-order valence-corrected chi connectivity index (χ2v) is 9.42. The van der Waals surface area contributed by atoms with Crippen molar-refractivity contribution in [3.8, 4) is 0 Å². The smallest absolute Gasteiger partial charge is 0.452 e. The van der Waals surface area contributed by atoms with Crippen LogP contribution in [-0.2, 0) is 19.2 Å². The third-order valence-electron chi connectivity index (χ3n) is 6.04. The quantitative estimate of drug-likeness (QED) is 0.317. The van der Waals surface area contributed by atoms with Gasteiger partial charge < -0.3 is 21.1 Å². The Bertz CT molecular complexity index is 1100. The van der Waals surface area contributed by atoms with Crippen LogP contribution >= 0.6 is 0 Å². The molecule has 3 atom stereocenters. The average molecular weight is 557 g/mol. The van der Waals surface area contributed by atoms with Crippen molar-refractivity contribution in [2.24, 2.45) is 5.92 Å². The Balaban J connectivity index is 2.22. The average Bonchev–Trinajstić information content (AvgIpc) is 3.40. The minimum absolute atomic E-state index is 0.00107. The predicted octanol–water partition coefficient (Wildman–Crippen LogP) is 1.27. The minimum atomic E-state index is -5.30. The van der Waals surface area contributed by atoms with Gasteiger partial charge in [0, 0.05) is 17.7 Å². The maximum atomic E-state index is 13.4. The molecule has 0 saturated carbocycles. The van der Waals surface area contributed by atoms with E-state index in [9.17, 15) is 41.9 Å². The molecule has 1 aromatic carbocycles. The molecule has 1 aliphatic rings. The number of ketones is 1. The zero-order valence-corrected chi connectivity index (χ0v) is 21.6. The molecular formula is C25H31F3N4O7. The number of Topliss-reactive ketones (excluding diaryl/α,β-unsaturated/α-hetero) is 1. The van der Waals surface area contributed by atoms with E-state index in [4.69, 9.17) is 5.11 Å². The largest absolute Gasteiger partial charge is 0.481 e. The number of amides is 4. The summed E-state index contributed by atoms with van der Waals surface area (Å²) >= 11 is 0. The fourth-order valence-electron chi connectivity index (χ4n) is 4.04. The molecule has 0 aliphatic carbocycles. The van der Waals surface area contributed by atoms with Crippen LogP contribution in [0.2, 0.25) is 0 Å². The molecule has 11 nitrogen and oxygen atoms in total. The lowest BCUT2D eigenvalue weighted by Crippen LogP contribution is -2.61. The molecule has 39 heavy (non-hydrogen) atoms. The number of nitrogens with zero attached hydrogens (tertiary/aromatic N) is 1. The van der Waals surface area contributed by atoms with E-state index in [1.165, 1.54) is 45.0 Å². The third kappa shape index (κ3) is 8.34. The number of nitrogens with one attached hydrogen (secondary N) is 3. The molecule has 4 N–H and O–H groups in total. The van der Waals surface area contributed by atoms with Crippen LogP contribution in [0.1, 0.15) is 60.7 Å². The fraction of sp³-hybridized carbons (Fsp3) is 0.520. The van der Waals surface area contributed by atoms with Crippen molar-refractivity contribution in [3.63, 3.8) is 0 Å². The number of alkyl halides is 3. The summed E-state index contributed by atoms with van der Waals surface area (Å²) in [5, 5.41) is 16.2. The van der Waals surface area contributed by atoms with Gasteiger partial charge in [0.1, 0.15) is 12.1 Å². The van der Waals surface area contributed by atoms with E-state index in [2.05, 4.69) is 16.0 Å². The fourth-order valence-corrected chi connectivity index (χ4v) is 4.04. The summed E-state index contributed by atoms with van der Waals surface area (Å²) in [4.78, 5) is 74.5. The number of aliphatic carboxylic acids is 1. The summed E-state index contributed by atoms with van der Waals surface area (Å²) in [6.45, 7) is 4.06. The maximum Gasteiger partial charge on any atom is 0.452 e. The zero-order valence-electron chi connectivity index (χ0n) is 21.6. The first kappa shape index (κ1) is 31.4. The molecule has 1 saturated heterocycles. The van der Waals surface area contributed by atoms with Crippen LogP contribution in [-0.4, -0.2) is 82.8 Å². The Kier molecular flexibility index (Phi) is 10.7. The lowest BCUT2D eigenvalue weighted by molar-refractivity contribution is -0.181. The molecule has 0 aromatic heterocycles. The molecular weight excluding hydrogens is 525 g/mol. The molecule has 1 fully saturated rings. The SMILES string of the molecule is CC(C)C(C(=O)C(F)(F)F)N(C(=O)[C@H](C)NC(=O)c1ccc(C(=O)NCCC(=O)O)cc1)C(=O)[C@@H]1CCCN1. The van der Waals surface area contributed by atoms with Gasteiger partial charge in [-0.3, -0.25) is 33.7 Å². The number of halogens is 3. The molecule has 2 rings (SSSR count). The van der Waals surface area contributed by atoms with Crippen LogP contribution in [0.3, 0.4) is 0 Å². The summed E-state index contributed by atoms with van der Waals surface area (Å²) < 4.78 is 40.2. The van der Waals surface area contributed by atoms with Gasteiger partial charge in [0.2, 0.25) is 5.91 Å². The van der Waals surface area contributed by atoms with Crippen LogP contribution in [0, 0.1) is 5.92 Å². The van der Waals surface area contributed by atoms with Gasteiger partial charge in [0.25, 0.3) is 23.5 Å². The van der Waals surface area contributed by atoms with Gasteiger partial charge in [-0.05, 0) is 56.5 Å². The summed E-state index contributed by atoms with van der Waals surface area (Å²) in [6.07, 6.45) is -4.76. The number of carbonyl (C=O) groups excluding carboxylic acids is 5. The molecule has 214 valence electrons. The second-order valence-electron chi connectivity index (χ2n) is 9.42.